The number of likely N-dealkylation sites (N-methyl/N-ethyl adjacent to an activating group) is 4. The number of aliphatic hydroxyl groups excluding tert-OH is 1. The van der Waals surface area contributed by atoms with Gasteiger partial charge in [-0.05, 0) is 84.3 Å². The van der Waals surface area contributed by atoms with E-state index in [1.807, 2.05) is 0 Å². The molecule has 7 rings (SSSR count). The second kappa shape index (κ2) is 27.4. The summed E-state index contributed by atoms with van der Waals surface area (Å²) in [4.78, 5) is 211. The summed E-state index contributed by atoms with van der Waals surface area (Å²) < 4.78 is 18.1. The van der Waals surface area contributed by atoms with Crippen LogP contribution in [0.15, 0.2) is 21.3 Å². The molecule has 10 amide bonds. The van der Waals surface area contributed by atoms with E-state index >= 15 is 9.59 Å². The predicted molar refractivity (Wildman–Crippen MR) is 327 cm³/mol. The number of fused-ring (bicyclic) bond motifs is 4. The highest BCUT2D eigenvalue weighted by molar-refractivity contribution is 6.11. The van der Waals surface area contributed by atoms with E-state index in [0.29, 0.717) is 5.56 Å². The van der Waals surface area contributed by atoms with Gasteiger partial charge in [-0.1, -0.05) is 47.6 Å². The molecule has 0 aromatic heterocycles. The Bertz CT molecular complexity index is 3570. The fraction of sp³-hybridized carbons (Fsp3) is 0.597. The number of ether oxygens (including phenoxy) is 2. The van der Waals surface area contributed by atoms with Crippen molar-refractivity contribution in [1.82, 2.24) is 55.7 Å². The standard InChI is InChI=1S/C62H84N12O18/c1-24(2)42-58(85)73-28(8)20-37(76)49(73)60(87)70(15)23-39(78)72(17)48(26(5)6)62(89)91-33(13)44(55(82)65-42)67-53(80)34-19-18-27(7)51-46(34)64-47-40(41(63)50(79)29(9)52(47)92-51)54(81)68-45-32(12)90-61(88)31(11)71(16)38(77)22-69(14)57(84)35-21-36(75)30(10)74(35)59(86)43(25(3)4)66-56(45)83/h18-19,24-26,28,30-33,35,37,42-45,48-49,76H,20-23,63H2,1-17H3,(H,65,82)(H,66,83)(H,67,80)(H,68,81)/t28-,30+,31-,32+,33-,35-,37-,42+,43+,44-,45-,48-,49-/m0/s1. The van der Waals surface area contributed by atoms with E-state index in [0.717, 1.165) is 24.5 Å². The number of hydrogen-bond donors (Lipinski definition) is 6. The zero-order valence-electron chi connectivity index (χ0n) is 54.8. The fourth-order valence-corrected chi connectivity index (χ4v) is 12.1. The number of carbonyl (C=O) groups is 13. The van der Waals surface area contributed by atoms with Crippen molar-refractivity contribution in [1.29, 1.82) is 0 Å². The number of anilines is 1. The zero-order valence-corrected chi connectivity index (χ0v) is 54.8. The van der Waals surface area contributed by atoms with Crippen LogP contribution < -0.4 is 32.4 Å². The van der Waals surface area contributed by atoms with E-state index in [2.05, 4.69) is 21.3 Å². The number of Topliss-reactive ketones (excluding diaryl/α,β-unsaturated/α-hetero) is 1. The van der Waals surface area contributed by atoms with Gasteiger partial charge in [0, 0.05) is 46.2 Å². The number of nitrogen functional groups attached to an aromatic ring is 1. The molecule has 92 heavy (non-hydrogen) atoms. The molecule has 0 bridgehead atoms. The summed E-state index contributed by atoms with van der Waals surface area (Å²) >= 11 is 0. The maximum absolute atomic E-state index is 15.1. The third-order valence-electron chi connectivity index (χ3n) is 17.9. The lowest BCUT2D eigenvalue weighted by atomic mass is 9.98. The molecule has 30 heteroatoms. The maximum atomic E-state index is 15.1. The summed E-state index contributed by atoms with van der Waals surface area (Å²) in [5.74, 6) is -14.2. The molecule has 13 atom stereocenters. The van der Waals surface area contributed by atoms with Crippen molar-refractivity contribution in [2.45, 2.75) is 182 Å². The van der Waals surface area contributed by atoms with Gasteiger partial charge < -0.3 is 75.4 Å². The van der Waals surface area contributed by atoms with Crippen LogP contribution in [0.2, 0.25) is 0 Å². The monoisotopic (exact) mass is 1280 g/mol. The summed E-state index contributed by atoms with van der Waals surface area (Å²) in [6, 6.07) is -11.4. The summed E-state index contributed by atoms with van der Waals surface area (Å²) in [6.45, 7) is 18.2. The Morgan fingerprint density at radius 1 is 0.663 bits per heavy atom. The Labute approximate surface area is 531 Å². The predicted octanol–water partition coefficient (Wildman–Crippen LogP) is -0.984. The topological polar surface area (TPSA) is 397 Å². The average Bonchev–Trinajstić information content (AvgIpc) is 1.24. The molecule has 6 aliphatic rings. The molecule has 30 nitrogen and oxygen atoms in total. The van der Waals surface area contributed by atoms with Crippen LogP contribution in [0.1, 0.15) is 121 Å². The molecule has 0 radical (unpaired) electrons. The number of nitrogens with one attached hydrogen (secondary N) is 4. The molecule has 4 fully saturated rings. The molecule has 5 aliphatic heterocycles. The third-order valence-corrected chi connectivity index (χ3v) is 17.9. The number of hydrogen-bond acceptors (Lipinski definition) is 20. The van der Waals surface area contributed by atoms with Crippen LogP contribution in [0.5, 0.6) is 0 Å². The van der Waals surface area contributed by atoms with E-state index in [1.165, 1.54) is 79.8 Å². The lowest BCUT2D eigenvalue weighted by molar-refractivity contribution is -0.163. The SMILES string of the molecule is Cc1c2oc3c(C)ccc(C(=O)N[C@@H]4C(=O)N[C@H](C(C)C)C(=O)N5[C@H](C(=O)N(C)CC(=O)N(C)[C@@H](C(C)C)C(=O)O[C@H]4C)[C@@H](O)C[C@@H]5C)c3nc-2c(C(=O)N[C@@H]2C(=O)N[C@H](C(C)C)C(=O)N3[C@H](C)C(=O)C[C@H]3C(=O)N(C)CC(=O)N(C)[C@@H](C)C(=O)O[C@@H]2C)c(N)c1=O. The van der Waals surface area contributed by atoms with Crippen molar-refractivity contribution in [2.75, 3.05) is 47.0 Å². The Kier molecular flexibility index (Phi) is 21.0. The largest absolute Gasteiger partial charge is 0.458 e. The van der Waals surface area contributed by atoms with Gasteiger partial charge in [0.1, 0.15) is 71.8 Å². The smallest absolute Gasteiger partial charge is 0.329 e. The Balaban J connectivity index is 1.33. The first-order chi connectivity index (χ1) is 42.8. The fourth-order valence-electron chi connectivity index (χ4n) is 12.1. The zero-order chi connectivity index (χ0) is 68.9. The van der Waals surface area contributed by atoms with Gasteiger partial charge in [-0.2, -0.15) is 0 Å². The number of benzene rings is 2. The number of carbonyl (C=O) groups excluding carboxylic acids is 13. The number of nitrogens with two attached hydrogens (primary N) is 1. The number of esters is 2. The normalized spacial score (nSPS) is 28.3. The molecule has 0 spiro atoms. The van der Waals surface area contributed by atoms with Crippen molar-refractivity contribution in [3.63, 3.8) is 0 Å². The van der Waals surface area contributed by atoms with E-state index < -0.39 is 215 Å². The average molecular weight is 1290 g/mol. The van der Waals surface area contributed by atoms with Crippen LogP contribution in [0.4, 0.5) is 5.69 Å². The van der Waals surface area contributed by atoms with E-state index in [-0.39, 0.29) is 34.4 Å². The van der Waals surface area contributed by atoms with Gasteiger partial charge in [0.25, 0.3) is 11.8 Å². The van der Waals surface area contributed by atoms with E-state index in [4.69, 9.17) is 24.6 Å². The maximum Gasteiger partial charge on any atom is 0.329 e. The third kappa shape index (κ3) is 13.5. The number of rotatable bonds is 7. The van der Waals surface area contributed by atoms with Crippen LogP contribution in [0.3, 0.4) is 0 Å². The van der Waals surface area contributed by atoms with E-state index in [9.17, 15) is 62.6 Å². The van der Waals surface area contributed by atoms with Crippen LogP contribution in [-0.4, -0.2) is 236 Å². The van der Waals surface area contributed by atoms with E-state index in [1.54, 1.807) is 55.4 Å². The van der Waals surface area contributed by atoms with Crippen LogP contribution in [0, 0.1) is 31.6 Å². The molecule has 1 aromatic rings. The molecular formula is C62H84N12O18. The summed E-state index contributed by atoms with van der Waals surface area (Å²) in [6.07, 6.45) is -5.02. The summed E-state index contributed by atoms with van der Waals surface area (Å²) in [7, 11) is 5.21. The minimum Gasteiger partial charge on any atom is -0.458 e. The molecule has 1 aliphatic carbocycles. The first-order valence-corrected chi connectivity index (χ1v) is 30.5. The van der Waals surface area contributed by atoms with Gasteiger partial charge >= 0.3 is 11.9 Å². The van der Waals surface area contributed by atoms with Gasteiger partial charge in [-0.3, -0.25) is 57.5 Å². The number of aryl methyl sites for hydroxylation is 1. The number of aromatic nitrogens is 1. The van der Waals surface area contributed by atoms with Crippen LogP contribution in [0.25, 0.3) is 22.6 Å². The van der Waals surface area contributed by atoms with Gasteiger partial charge in [-0.25, -0.2) is 14.6 Å². The Hall–Kier alpha value is -9.09. The van der Waals surface area contributed by atoms with Crippen molar-refractivity contribution in [2.24, 2.45) is 17.8 Å². The van der Waals surface area contributed by atoms with Gasteiger partial charge in [0.05, 0.1) is 42.0 Å². The molecule has 1 aromatic carbocycles. The van der Waals surface area contributed by atoms with Crippen molar-refractivity contribution < 1.29 is 81.3 Å². The van der Waals surface area contributed by atoms with Crippen LogP contribution >= 0.6 is 0 Å². The number of ketones is 1. The van der Waals surface area contributed by atoms with Gasteiger partial charge in [0.2, 0.25) is 52.7 Å². The van der Waals surface area contributed by atoms with Crippen molar-refractivity contribution in [3.05, 3.63) is 44.6 Å². The molecule has 7 N–H and O–H groups in total. The highest BCUT2D eigenvalue weighted by Crippen LogP contribution is 2.36. The molecule has 5 heterocycles. The highest BCUT2D eigenvalue weighted by Gasteiger charge is 2.51. The molecule has 500 valence electrons. The van der Waals surface area contributed by atoms with Crippen molar-refractivity contribution in [3.8, 4) is 11.5 Å². The van der Waals surface area contributed by atoms with Crippen molar-refractivity contribution >= 4 is 93.6 Å². The highest BCUT2D eigenvalue weighted by atomic mass is 16.6. The quantitative estimate of drug-likeness (QED) is 0.0940. The number of cyclic esters (lactones) is 2. The summed E-state index contributed by atoms with van der Waals surface area (Å²) in [5, 5.41) is 21.7. The Morgan fingerprint density at radius 3 is 1.72 bits per heavy atom. The number of aliphatic hydroxyl groups is 1. The number of nitrogens with zero attached hydrogens (tertiary/aromatic N) is 7. The minimum atomic E-state index is -1.97. The lowest BCUT2D eigenvalue weighted by Crippen LogP contribution is -2.62. The van der Waals surface area contributed by atoms with Crippen LogP contribution in [-0.2, 0) is 62.2 Å². The minimum absolute atomic E-state index is 0.0284. The lowest BCUT2D eigenvalue weighted by Gasteiger charge is -2.37. The van der Waals surface area contributed by atoms with Gasteiger partial charge in [-0.15, -0.1) is 0 Å². The van der Waals surface area contributed by atoms with Gasteiger partial charge in [0.15, 0.2) is 17.1 Å². The Morgan fingerprint density at radius 2 is 1.17 bits per heavy atom. The number of amides is 10. The first-order valence-electron chi connectivity index (χ1n) is 30.5. The second-order valence-corrected chi connectivity index (χ2v) is 25.6. The molecule has 0 saturated carbocycles. The molecular weight excluding hydrogens is 1200 g/mol. The second-order valence-electron chi connectivity index (χ2n) is 25.6. The molecule has 4 saturated heterocycles. The molecule has 0 unspecified atom stereocenters. The summed E-state index contributed by atoms with van der Waals surface area (Å²) in [5.41, 5.74) is 3.10. The first kappa shape index (κ1) is 70.4.